The van der Waals surface area contributed by atoms with Crippen molar-refractivity contribution in [2.24, 2.45) is 0 Å². The van der Waals surface area contributed by atoms with E-state index in [4.69, 9.17) is 4.74 Å². The highest BCUT2D eigenvalue weighted by Crippen LogP contribution is 2.28. The zero-order valence-electron chi connectivity index (χ0n) is 16.3. The van der Waals surface area contributed by atoms with Gasteiger partial charge >= 0.3 is 5.97 Å². The molecule has 146 valence electrons. The first-order valence-electron chi connectivity index (χ1n) is 9.13. The molecule has 1 aliphatic rings. The van der Waals surface area contributed by atoms with Crippen LogP contribution in [0.15, 0.2) is 41.3 Å². The molecule has 0 spiro atoms. The van der Waals surface area contributed by atoms with Crippen LogP contribution in [0.1, 0.15) is 33.5 Å². The van der Waals surface area contributed by atoms with E-state index in [9.17, 15) is 14.4 Å². The van der Waals surface area contributed by atoms with Crippen LogP contribution in [-0.2, 0) is 20.7 Å². The zero-order valence-corrected chi connectivity index (χ0v) is 17.1. The summed E-state index contributed by atoms with van der Waals surface area (Å²) in [5.74, 6) is -0.0453. The van der Waals surface area contributed by atoms with Gasteiger partial charge in [-0.05, 0) is 60.9 Å². The van der Waals surface area contributed by atoms with Crippen molar-refractivity contribution >= 4 is 35.1 Å². The van der Waals surface area contributed by atoms with E-state index in [1.165, 1.54) is 11.1 Å². The number of fused-ring (bicyclic) bond motifs is 1. The number of nitrogens with zero attached hydrogens (tertiary/aromatic N) is 1. The molecule has 0 aliphatic carbocycles. The number of amides is 1. The van der Waals surface area contributed by atoms with Gasteiger partial charge < -0.3 is 9.64 Å². The van der Waals surface area contributed by atoms with E-state index in [0.717, 1.165) is 16.1 Å². The molecule has 1 amide bonds. The third-order valence-corrected chi connectivity index (χ3v) is 5.89. The fourth-order valence-electron chi connectivity index (χ4n) is 3.00. The second-order valence-electron chi connectivity index (χ2n) is 6.90. The Morgan fingerprint density at radius 2 is 1.89 bits per heavy atom. The number of ether oxygens (including phenoxy) is 1. The number of Topliss-reactive ketones (excluding diaryl/α,β-unsaturated/α-hetero) is 1. The third-order valence-electron chi connectivity index (χ3n) is 4.90. The molecule has 0 fully saturated rings. The Kier molecular flexibility index (Phi) is 6.19. The molecule has 0 saturated heterocycles. The summed E-state index contributed by atoms with van der Waals surface area (Å²) in [6.45, 7) is 3.84. The van der Waals surface area contributed by atoms with Crippen molar-refractivity contribution in [1.29, 1.82) is 0 Å². The predicted molar refractivity (Wildman–Crippen MR) is 110 cm³/mol. The van der Waals surface area contributed by atoms with Gasteiger partial charge in [-0.15, -0.1) is 11.8 Å². The van der Waals surface area contributed by atoms with Gasteiger partial charge in [0.2, 0.25) is 5.91 Å². The van der Waals surface area contributed by atoms with Crippen LogP contribution in [0.3, 0.4) is 0 Å². The van der Waals surface area contributed by atoms with E-state index in [1.807, 2.05) is 6.07 Å². The number of aryl methyl sites for hydroxylation is 2. The summed E-state index contributed by atoms with van der Waals surface area (Å²) < 4.78 is 5.12. The van der Waals surface area contributed by atoms with E-state index in [0.29, 0.717) is 17.7 Å². The molecule has 0 saturated carbocycles. The van der Waals surface area contributed by atoms with Crippen molar-refractivity contribution in [3.8, 4) is 0 Å². The van der Waals surface area contributed by atoms with Crippen LogP contribution in [0.25, 0.3) is 0 Å². The maximum Gasteiger partial charge on any atom is 0.307 e. The second-order valence-corrected chi connectivity index (χ2v) is 8.07. The molecular formula is C22H23NO4S. The fourth-order valence-corrected chi connectivity index (χ4v) is 3.93. The number of hydrogen-bond donors (Lipinski definition) is 0. The molecule has 0 unspecified atom stereocenters. The van der Waals surface area contributed by atoms with Gasteiger partial charge in [0, 0.05) is 28.9 Å². The molecule has 0 radical (unpaired) electrons. The van der Waals surface area contributed by atoms with Crippen LogP contribution in [0, 0.1) is 13.8 Å². The molecule has 2 aromatic carbocycles. The van der Waals surface area contributed by atoms with Gasteiger partial charge in [0.05, 0.1) is 12.8 Å². The minimum atomic E-state index is -0.388. The van der Waals surface area contributed by atoms with Crippen molar-refractivity contribution in [3.63, 3.8) is 0 Å². The lowest BCUT2D eigenvalue weighted by atomic mass is 10.1. The summed E-state index contributed by atoms with van der Waals surface area (Å²) in [7, 11) is 1.72. The quantitative estimate of drug-likeness (QED) is 0.405. The Hall–Kier alpha value is -2.60. The van der Waals surface area contributed by atoms with Crippen LogP contribution in [-0.4, -0.2) is 37.1 Å². The third kappa shape index (κ3) is 4.62. The van der Waals surface area contributed by atoms with Gasteiger partial charge in [-0.1, -0.05) is 6.07 Å². The number of benzene rings is 2. The number of carbonyl (C=O) groups is 3. The minimum Gasteiger partial charge on any atom is -0.457 e. The average molecular weight is 397 g/mol. The number of hydrogen-bond acceptors (Lipinski definition) is 5. The summed E-state index contributed by atoms with van der Waals surface area (Å²) in [5, 5.41) is 0. The molecule has 3 rings (SSSR count). The molecule has 5 nitrogen and oxygen atoms in total. The number of rotatable bonds is 7. The Morgan fingerprint density at radius 1 is 1.11 bits per heavy atom. The smallest absolute Gasteiger partial charge is 0.307 e. The number of likely N-dealkylation sites (N-methyl/N-ethyl adjacent to an activating group) is 1. The van der Waals surface area contributed by atoms with Crippen LogP contribution in [0.2, 0.25) is 0 Å². The van der Waals surface area contributed by atoms with Gasteiger partial charge in [0.1, 0.15) is 0 Å². The van der Waals surface area contributed by atoms with E-state index >= 15 is 0 Å². The van der Waals surface area contributed by atoms with Crippen molar-refractivity contribution in [2.45, 2.75) is 31.6 Å². The highest BCUT2D eigenvalue weighted by molar-refractivity contribution is 7.99. The number of anilines is 1. The van der Waals surface area contributed by atoms with Gasteiger partial charge in [-0.3, -0.25) is 14.4 Å². The molecule has 1 aliphatic heterocycles. The highest BCUT2D eigenvalue weighted by Gasteiger charge is 2.24. The molecule has 28 heavy (non-hydrogen) atoms. The topological polar surface area (TPSA) is 63.7 Å². The monoisotopic (exact) mass is 397 g/mol. The lowest BCUT2D eigenvalue weighted by Crippen LogP contribution is -2.20. The van der Waals surface area contributed by atoms with E-state index < -0.39 is 0 Å². The number of ketones is 1. The van der Waals surface area contributed by atoms with Crippen LogP contribution >= 0.6 is 11.8 Å². The van der Waals surface area contributed by atoms with E-state index in [1.54, 1.807) is 41.9 Å². The molecule has 2 aromatic rings. The first-order chi connectivity index (χ1) is 13.3. The van der Waals surface area contributed by atoms with Crippen LogP contribution in [0.5, 0.6) is 0 Å². The Morgan fingerprint density at radius 3 is 2.64 bits per heavy atom. The maximum atomic E-state index is 12.3. The zero-order chi connectivity index (χ0) is 20.3. The Labute approximate surface area is 169 Å². The predicted octanol–water partition coefficient (Wildman–Crippen LogP) is 3.73. The van der Waals surface area contributed by atoms with E-state index in [2.05, 4.69) is 26.0 Å². The molecule has 0 N–H and O–H groups in total. The Balaban J connectivity index is 1.45. The van der Waals surface area contributed by atoms with Crippen molar-refractivity contribution < 1.29 is 19.1 Å². The second kappa shape index (κ2) is 8.61. The lowest BCUT2D eigenvalue weighted by molar-refractivity contribution is -0.142. The molecule has 0 atom stereocenters. The summed E-state index contributed by atoms with van der Waals surface area (Å²) in [6, 6.07) is 11.3. The fraction of sp³-hybridized carbons (Fsp3) is 0.318. The van der Waals surface area contributed by atoms with Gasteiger partial charge in [-0.25, -0.2) is 0 Å². The first kappa shape index (κ1) is 20.1. The molecule has 6 heteroatoms. The molecule has 0 bridgehead atoms. The molecule has 0 aromatic heterocycles. The van der Waals surface area contributed by atoms with E-state index in [-0.39, 0.29) is 30.7 Å². The van der Waals surface area contributed by atoms with Crippen molar-refractivity contribution in [3.05, 3.63) is 58.7 Å². The van der Waals surface area contributed by atoms with Gasteiger partial charge in [0.15, 0.2) is 12.4 Å². The lowest BCUT2D eigenvalue weighted by Gasteiger charge is -2.10. The number of carbonyl (C=O) groups excluding carboxylic acids is 3. The first-order valence-corrected chi connectivity index (χ1v) is 10.1. The Bertz CT molecular complexity index is 938. The van der Waals surface area contributed by atoms with Crippen LogP contribution < -0.4 is 4.90 Å². The van der Waals surface area contributed by atoms with Crippen molar-refractivity contribution in [1.82, 2.24) is 0 Å². The average Bonchev–Trinajstić information content (AvgIpc) is 2.96. The molecule has 1 heterocycles. The normalized spacial score (nSPS) is 12.8. The summed E-state index contributed by atoms with van der Waals surface area (Å²) >= 11 is 1.59. The largest absolute Gasteiger partial charge is 0.457 e. The number of thioether (sulfide) groups is 1. The maximum absolute atomic E-state index is 12.3. The highest BCUT2D eigenvalue weighted by atomic mass is 32.2. The minimum absolute atomic E-state index is 0.00676. The van der Waals surface area contributed by atoms with Crippen LogP contribution in [0.4, 0.5) is 5.69 Å². The molecular weight excluding hydrogens is 374 g/mol. The standard InChI is InChI=1S/C22H23NO4S/c1-14-4-6-18(10-15(14)2)28-9-8-22(26)27-13-20(24)16-5-7-19-17(11-16)12-21(25)23(19)3/h4-7,10-11H,8-9,12-13H2,1-3H3. The number of esters is 1. The summed E-state index contributed by atoms with van der Waals surface area (Å²) in [6.07, 6.45) is 0.538. The van der Waals surface area contributed by atoms with Gasteiger partial charge in [0.25, 0.3) is 0 Å². The summed E-state index contributed by atoms with van der Waals surface area (Å²) in [5.41, 5.74) is 4.57. The SMILES string of the molecule is Cc1ccc(SCCC(=O)OCC(=O)c2ccc3c(c2)CC(=O)N3C)cc1C. The summed E-state index contributed by atoms with van der Waals surface area (Å²) in [4.78, 5) is 38.7. The van der Waals surface area contributed by atoms with Gasteiger partial charge in [-0.2, -0.15) is 0 Å². The van der Waals surface area contributed by atoms with Crippen molar-refractivity contribution in [2.75, 3.05) is 24.3 Å².